The van der Waals surface area contributed by atoms with Gasteiger partial charge in [0.2, 0.25) is 5.95 Å². The molecule has 0 aliphatic carbocycles. The number of primary amides is 1. The van der Waals surface area contributed by atoms with E-state index in [9.17, 15) is 14.0 Å². The molecule has 2 aromatic heterocycles. The summed E-state index contributed by atoms with van der Waals surface area (Å²) in [6, 6.07) is 3.78. The van der Waals surface area contributed by atoms with Crippen molar-refractivity contribution in [3.05, 3.63) is 56.8 Å². The Bertz CT molecular complexity index is 997. The molecule has 0 fully saturated rings. The topological polar surface area (TPSA) is 117 Å². The third kappa shape index (κ3) is 2.95. The number of nitrogens with zero attached hydrogens (tertiary/aromatic N) is 1. The highest BCUT2D eigenvalue weighted by Crippen LogP contribution is 2.23. The maximum absolute atomic E-state index is 13.9. The highest BCUT2D eigenvalue weighted by molar-refractivity contribution is 6.31. The SMILES string of the molecule is C[C@H](Nc1ncc(C(N)=O)[nH]1)c1cc2cc(Cl)cc(F)c2[nH]c1=O. The number of nitrogens with one attached hydrogen (secondary N) is 3. The van der Waals surface area contributed by atoms with Crippen molar-refractivity contribution in [2.45, 2.75) is 13.0 Å². The second kappa shape index (κ2) is 5.97. The zero-order chi connectivity index (χ0) is 17.4. The molecule has 3 rings (SSSR count). The molecule has 0 saturated heterocycles. The zero-order valence-corrected chi connectivity index (χ0v) is 13.2. The summed E-state index contributed by atoms with van der Waals surface area (Å²) in [5, 5.41) is 3.65. The van der Waals surface area contributed by atoms with E-state index in [4.69, 9.17) is 17.3 Å². The molecule has 3 aromatic rings. The summed E-state index contributed by atoms with van der Waals surface area (Å²) >= 11 is 5.85. The molecule has 2 heterocycles. The molecule has 0 spiro atoms. The van der Waals surface area contributed by atoms with Crippen LogP contribution in [0, 0.1) is 5.82 Å². The number of H-pyrrole nitrogens is 2. The average molecular weight is 350 g/mol. The minimum absolute atomic E-state index is 0.0920. The molecule has 5 N–H and O–H groups in total. The van der Waals surface area contributed by atoms with Crippen LogP contribution in [-0.2, 0) is 0 Å². The van der Waals surface area contributed by atoms with Crippen LogP contribution < -0.4 is 16.6 Å². The summed E-state index contributed by atoms with van der Waals surface area (Å²) in [6.45, 7) is 1.73. The summed E-state index contributed by atoms with van der Waals surface area (Å²) in [7, 11) is 0. The number of aromatic nitrogens is 3. The summed E-state index contributed by atoms with van der Waals surface area (Å²) in [5.74, 6) is -0.955. The highest BCUT2D eigenvalue weighted by Gasteiger charge is 2.15. The van der Waals surface area contributed by atoms with Crippen LogP contribution in [0.25, 0.3) is 10.9 Å². The van der Waals surface area contributed by atoms with Crippen LogP contribution in [-0.4, -0.2) is 20.9 Å². The van der Waals surface area contributed by atoms with Gasteiger partial charge in [0, 0.05) is 16.0 Å². The Balaban J connectivity index is 1.96. The number of hydrogen-bond acceptors (Lipinski definition) is 4. The zero-order valence-electron chi connectivity index (χ0n) is 12.5. The quantitative estimate of drug-likeness (QED) is 0.578. The van der Waals surface area contributed by atoms with Gasteiger partial charge in [-0.05, 0) is 25.1 Å². The van der Waals surface area contributed by atoms with Gasteiger partial charge in [0.1, 0.15) is 11.5 Å². The Morgan fingerprint density at radius 3 is 2.79 bits per heavy atom. The van der Waals surface area contributed by atoms with E-state index >= 15 is 0 Å². The van der Waals surface area contributed by atoms with Crippen molar-refractivity contribution in [1.82, 2.24) is 15.0 Å². The Labute approximate surface area is 140 Å². The van der Waals surface area contributed by atoms with Crippen molar-refractivity contribution in [1.29, 1.82) is 0 Å². The van der Waals surface area contributed by atoms with E-state index in [-0.39, 0.29) is 22.2 Å². The van der Waals surface area contributed by atoms with Gasteiger partial charge >= 0.3 is 0 Å². The number of carbonyl (C=O) groups is 1. The van der Waals surface area contributed by atoms with Crippen molar-refractivity contribution >= 4 is 34.4 Å². The van der Waals surface area contributed by atoms with Gasteiger partial charge in [0.25, 0.3) is 11.5 Å². The van der Waals surface area contributed by atoms with E-state index < -0.39 is 23.3 Å². The van der Waals surface area contributed by atoms with E-state index in [0.29, 0.717) is 10.9 Å². The Kier molecular flexibility index (Phi) is 3.98. The van der Waals surface area contributed by atoms with Crippen LogP contribution in [0.15, 0.2) is 29.2 Å². The molecule has 0 radical (unpaired) electrons. The first kappa shape index (κ1) is 16.0. The van der Waals surface area contributed by atoms with E-state index in [1.165, 1.54) is 6.20 Å². The molecular formula is C15H13ClFN5O2. The molecule has 1 aromatic carbocycles. The third-order valence-corrected chi connectivity index (χ3v) is 3.78. The normalized spacial score (nSPS) is 12.3. The van der Waals surface area contributed by atoms with Crippen LogP contribution in [0.4, 0.5) is 10.3 Å². The lowest BCUT2D eigenvalue weighted by molar-refractivity contribution is 0.0996. The average Bonchev–Trinajstić information content (AvgIpc) is 2.96. The molecule has 7 nitrogen and oxygen atoms in total. The molecule has 1 atom stereocenters. The Hall–Kier alpha value is -2.87. The van der Waals surface area contributed by atoms with Crippen LogP contribution in [0.1, 0.15) is 29.0 Å². The van der Waals surface area contributed by atoms with Crippen LogP contribution >= 0.6 is 11.6 Å². The fourth-order valence-corrected chi connectivity index (χ4v) is 2.60. The molecule has 1 amide bonds. The first-order valence-corrected chi connectivity index (χ1v) is 7.36. The number of imidazole rings is 1. The second-order valence-electron chi connectivity index (χ2n) is 5.28. The second-order valence-corrected chi connectivity index (χ2v) is 5.72. The summed E-state index contributed by atoms with van der Waals surface area (Å²) in [4.78, 5) is 32.4. The number of benzene rings is 1. The van der Waals surface area contributed by atoms with E-state index in [0.717, 1.165) is 6.07 Å². The maximum Gasteiger partial charge on any atom is 0.266 e. The number of fused-ring (bicyclic) bond motifs is 1. The number of pyridine rings is 1. The molecule has 0 aliphatic heterocycles. The largest absolute Gasteiger partial charge is 0.364 e. The first-order valence-electron chi connectivity index (χ1n) is 6.98. The Morgan fingerprint density at radius 2 is 2.12 bits per heavy atom. The number of hydrogen-bond donors (Lipinski definition) is 4. The van der Waals surface area contributed by atoms with Gasteiger partial charge in [-0.25, -0.2) is 9.37 Å². The van der Waals surface area contributed by atoms with Crippen LogP contribution in [0.2, 0.25) is 5.02 Å². The standard InChI is InChI=1S/C15H13ClFN5O2/c1-6(20-15-19-5-11(21-15)13(18)23)9-3-7-2-8(16)4-10(17)12(7)22-14(9)24/h2-6H,1H3,(H2,18,23)(H,22,24)(H2,19,20,21)/t6-/m0/s1. The smallest absolute Gasteiger partial charge is 0.266 e. The van der Waals surface area contributed by atoms with E-state index in [2.05, 4.69) is 20.3 Å². The molecule has 0 unspecified atom stereocenters. The number of amides is 1. The molecule has 0 aliphatic rings. The van der Waals surface area contributed by atoms with Crippen molar-refractivity contribution in [2.24, 2.45) is 5.73 Å². The van der Waals surface area contributed by atoms with Crippen LogP contribution in [0.5, 0.6) is 0 Å². The molecular weight excluding hydrogens is 337 g/mol. The molecule has 9 heteroatoms. The fraction of sp³-hybridized carbons (Fsp3) is 0.133. The van der Waals surface area contributed by atoms with E-state index in [1.807, 2.05) is 0 Å². The molecule has 0 bridgehead atoms. The lowest BCUT2D eigenvalue weighted by atomic mass is 10.1. The summed E-state index contributed by atoms with van der Waals surface area (Å²) in [6.07, 6.45) is 1.29. The Morgan fingerprint density at radius 1 is 1.38 bits per heavy atom. The van der Waals surface area contributed by atoms with E-state index in [1.54, 1.807) is 19.1 Å². The number of aromatic amines is 2. The number of nitrogens with two attached hydrogens (primary N) is 1. The summed E-state index contributed by atoms with van der Waals surface area (Å²) in [5.41, 5.74) is 5.30. The maximum atomic E-state index is 13.9. The highest BCUT2D eigenvalue weighted by atomic mass is 35.5. The monoisotopic (exact) mass is 349 g/mol. The van der Waals surface area contributed by atoms with Crippen molar-refractivity contribution < 1.29 is 9.18 Å². The number of carbonyl (C=O) groups excluding carboxylic acids is 1. The van der Waals surface area contributed by atoms with Gasteiger partial charge in [-0.15, -0.1) is 0 Å². The fourth-order valence-electron chi connectivity index (χ4n) is 2.38. The van der Waals surface area contributed by atoms with Crippen molar-refractivity contribution in [3.63, 3.8) is 0 Å². The first-order chi connectivity index (χ1) is 11.3. The lowest BCUT2D eigenvalue weighted by Gasteiger charge is -2.13. The predicted molar refractivity (Wildman–Crippen MR) is 88.7 cm³/mol. The number of halogens is 2. The van der Waals surface area contributed by atoms with Crippen molar-refractivity contribution in [2.75, 3.05) is 5.32 Å². The van der Waals surface area contributed by atoms with Gasteiger partial charge in [-0.2, -0.15) is 0 Å². The number of anilines is 1. The summed E-state index contributed by atoms with van der Waals surface area (Å²) < 4.78 is 13.9. The third-order valence-electron chi connectivity index (χ3n) is 3.56. The predicted octanol–water partition coefficient (Wildman–Crippen LogP) is 2.32. The van der Waals surface area contributed by atoms with Gasteiger partial charge in [-0.3, -0.25) is 9.59 Å². The molecule has 24 heavy (non-hydrogen) atoms. The lowest BCUT2D eigenvalue weighted by Crippen LogP contribution is -2.20. The van der Waals surface area contributed by atoms with Crippen LogP contribution in [0.3, 0.4) is 0 Å². The number of rotatable bonds is 4. The minimum atomic E-state index is -0.642. The minimum Gasteiger partial charge on any atom is -0.364 e. The van der Waals surface area contributed by atoms with Crippen molar-refractivity contribution in [3.8, 4) is 0 Å². The van der Waals surface area contributed by atoms with Gasteiger partial charge < -0.3 is 21.0 Å². The van der Waals surface area contributed by atoms with Gasteiger partial charge in [0.15, 0.2) is 0 Å². The molecule has 124 valence electrons. The van der Waals surface area contributed by atoms with Gasteiger partial charge in [0.05, 0.1) is 17.8 Å². The van der Waals surface area contributed by atoms with Gasteiger partial charge in [-0.1, -0.05) is 11.6 Å². The molecule has 0 saturated carbocycles.